The van der Waals surface area contributed by atoms with Gasteiger partial charge in [0, 0.05) is 29.8 Å². The summed E-state index contributed by atoms with van der Waals surface area (Å²) < 4.78 is 11.1. The highest BCUT2D eigenvalue weighted by atomic mass is 16.6. The van der Waals surface area contributed by atoms with E-state index in [1.54, 1.807) is 42.5 Å². The minimum Gasteiger partial charge on any atom is -0.507 e. The number of rotatable bonds is 7. The van der Waals surface area contributed by atoms with E-state index >= 15 is 0 Å². The van der Waals surface area contributed by atoms with Crippen molar-refractivity contribution in [2.24, 2.45) is 0 Å². The molecule has 0 aliphatic heterocycles. The number of carboxylic acids is 1. The Balaban J connectivity index is 1.99. The molecule has 2 atom stereocenters. The van der Waals surface area contributed by atoms with Gasteiger partial charge in [-0.2, -0.15) is 0 Å². The SMILES string of the molecule is CO[C@@H](/C=C/C(=O)O)[C@@H](OC(=O)Nc1ccc(C)cc1)c1ccc(O)c2ccccc12. The van der Waals surface area contributed by atoms with Gasteiger partial charge in [0.1, 0.15) is 11.9 Å². The number of aliphatic carboxylic acids is 1. The number of hydrogen-bond donors (Lipinski definition) is 3. The van der Waals surface area contributed by atoms with Gasteiger partial charge in [0.2, 0.25) is 0 Å². The number of phenolic OH excluding ortho intramolecular Hbond substituents is 1. The van der Waals surface area contributed by atoms with Gasteiger partial charge in [0.05, 0.1) is 0 Å². The zero-order valence-corrected chi connectivity index (χ0v) is 17.1. The predicted octanol–water partition coefficient (Wildman–Crippen LogP) is 4.80. The molecule has 0 aromatic heterocycles. The van der Waals surface area contributed by atoms with Crippen molar-refractivity contribution >= 4 is 28.5 Å². The van der Waals surface area contributed by atoms with Gasteiger partial charge in [-0.05, 0) is 36.6 Å². The fraction of sp³-hybridized carbons (Fsp3) is 0.167. The Labute approximate surface area is 179 Å². The number of aryl methyl sites for hydroxylation is 1. The standard InChI is InChI=1S/C24H23NO6/c1-15-7-9-16(10-8-15)25-24(29)31-23(21(30-2)13-14-22(27)28)19-11-12-20(26)18-6-4-3-5-17(18)19/h3-14,21,23,26H,1-2H3,(H,25,29)(H,27,28)/b14-13+/t21-,23-/m0/s1. The van der Waals surface area contributed by atoms with E-state index < -0.39 is 24.3 Å². The highest BCUT2D eigenvalue weighted by Crippen LogP contribution is 2.35. The molecule has 0 spiro atoms. The van der Waals surface area contributed by atoms with Crippen molar-refractivity contribution in [3.05, 3.63) is 83.9 Å². The van der Waals surface area contributed by atoms with E-state index in [0.717, 1.165) is 11.6 Å². The van der Waals surface area contributed by atoms with Crippen LogP contribution in [0.25, 0.3) is 10.8 Å². The Bertz CT molecular complexity index is 1110. The van der Waals surface area contributed by atoms with Crippen LogP contribution in [0, 0.1) is 6.92 Å². The summed E-state index contributed by atoms with van der Waals surface area (Å²) in [6.07, 6.45) is -0.333. The number of carbonyl (C=O) groups excluding carboxylic acids is 1. The van der Waals surface area contributed by atoms with E-state index in [1.807, 2.05) is 19.1 Å². The second-order valence-electron chi connectivity index (χ2n) is 6.93. The van der Waals surface area contributed by atoms with Crippen molar-refractivity contribution in [1.29, 1.82) is 0 Å². The Morgan fingerprint density at radius 3 is 2.32 bits per heavy atom. The zero-order chi connectivity index (χ0) is 22.4. The van der Waals surface area contributed by atoms with Crippen LogP contribution in [0.2, 0.25) is 0 Å². The summed E-state index contributed by atoms with van der Waals surface area (Å²) in [5.74, 6) is -1.07. The van der Waals surface area contributed by atoms with Crippen molar-refractivity contribution in [1.82, 2.24) is 0 Å². The number of fused-ring (bicyclic) bond motifs is 1. The number of benzene rings is 3. The van der Waals surface area contributed by atoms with Crippen LogP contribution in [-0.4, -0.2) is 35.5 Å². The predicted molar refractivity (Wildman–Crippen MR) is 117 cm³/mol. The van der Waals surface area contributed by atoms with E-state index in [4.69, 9.17) is 14.6 Å². The molecule has 0 saturated carbocycles. The van der Waals surface area contributed by atoms with Crippen molar-refractivity contribution < 1.29 is 29.3 Å². The number of anilines is 1. The largest absolute Gasteiger partial charge is 0.507 e. The van der Waals surface area contributed by atoms with Gasteiger partial charge in [-0.1, -0.05) is 48.0 Å². The second-order valence-corrected chi connectivity index (χ2v) is 6.93. The van der Waals surface area contributed by atoms with Crippen LogP contribution in [0.4, 0.5) is 10.5 Å². The first kappa shape index (κ1) is 21.9. The number of aromatic hydroxyl groups is 1. The van der Waals surface area contributed by atoms with Crippen LogP contribution >= 0.6 is 0 Å². The number of hydrogen-bond acceptors (Lipinski definition) is 5. The van der Waals surface area contributed by atoms with E-state index in [2.05, 4.69) is 5.32 Å². The molecule has 0 radical (unpaired) electrons. The smallest absolute Gasteiger partial charge is 0.412 e. The molecule has 0 fully saturated rings. The van der Waals surface area contributed by atoms with E-state index in [1.165, 1.54) is 19.3 Å². The molecule has 0 bridgehead atoms. The summed E-state index contributed by atoms with van der Waals surface area (Å²) in [6.45, 7) is 1.94. The molecule has 3 rings (SSSR count). The molecule has 1 amide bonds. The first-order chi connectivity index (χ1) is 14.9. The number of amides is 1. The second kappa shape index (κ2) is 9.77. The number of carbonyl (C=O) groups is 2. The maximum atomic E-state index is 12.7. The van der Waals surface area contributed by atoms with Gasteiger partial charge in [-0.3, -0.25) is 5.32 Å². The molecule has 7 nitrogen and oxygen atoms in total. The number of carboxylic acid groups (broad SMARTS) is 1. The molecule has 3 aromatic carbocycles. The molecule has 3 N–H and O–H groups in total. The molecule has 0 unspecified atom stereocenters. The van der Waals surface area contributed by atoms with Crippen molar-refractivity contribution in [2.45, 2.75) is 19.1 Å². The van der Waals surface area contributed by atoms with Crippen molar-refractivity contribution in [3.63, 3.8) is 0 Å². The van der Waals surface area contributed by atoms with Gasteiger partial charge in [0.15, 0.2) is 6.10 Å². The molecule has 160 valence electrons. The maximum Gasteiger partial charge on any atom is 0.412 e. The van der Waals surface area contributed by atoms with Crippen LogP contribution < -0.4 is 5.32 Å². The quantitative estimate of drug-likeness (QED) is 0.473. The number of ether oxygens (including phenoxy) is 2. The Kier molecular flexibility index (Phi) is 6.89. The van der Waals surface area contributed by atoms with Crippen LogP contribution in [0.1, 0.15) is 17.2 Å². The van der Waals surface area contributed by atoms with E-state index in [-0.39, 0.29) is 5.75 Å². The van der Waals surface area contributed by atoms with Gasteiger partial charge < -0.3 is 19.7 Å². The first-order valence-corrected chi connectivity index (χ1v) is 9.58. The van der Waals surface area contributed by atoms with E-state index in [0.29, 0.717) is 22.0 Å². The first-order valence-electron chi connectivity index (χ1n) is 9.58. The summed E-state index contributed by atoms with van der Waals surface area (Å²) in [4.78, 5) is 23.7. The van der Waals surface area contributed by atoms with Crippen molar-refractivity contribution in [3.8, 4) is 5.75 Å². The van der Waals surface area contributed by atoms with Crippen LogP contribution in [0.15, 0.2) is 72.8 Å². The molecule has 31 heavy (non-hydrogen) atoms. The molecular formula is C24H23NO6. The normalized spacial score (nSPS) is 13.1. The fourth-order valence-electron chi connectivity index (χ4n) is 3.24. The Morgan fingerprint density at radius 2 is 1.68 bits per heavy atom. The minimum absolute atomic E-state index is 0.0808. The summed E-state index contributed by atoms with van der Waals surface area (Å²) >= 11 is 0. The van der Waals surface area contributed by atoms with Crippen LogP contribution in [-0.2, 0) is 14.3 Å². The summed E-state index contributed by atoms with van der Waals surface area (Å²) in [6, 6.07) is 17.4. The summed E-state index contributed by atoms with van der Waals surface area (Å²) in [5.41, 5.74) is 2.17. The molecule has 3 aromatic rings. The highest BCUT2D eigenvalue weighted by Gasteiger charge is 2.28. The number of nitrogens with one attached hydrogen (secondary N) is 1. The average molecular weight is 421 g/mol. The van der Waals surface area contributed by atoms with Gasteiger partial charge >= 0.3 is 12.1 Å². The molecule has 0 saturated heterocycles. The van der Waals surface area contributed by atoms with E-state index in [9.17, 15) is 14.7 Å². The Morgan fingerprint density at radius 1 is 1.00 bits per heavy atom. The van der Waals surface area contributed by atoms with Gasteiger partial charge in [0.25, 0.3) is 0 Å². The summed E-state index contributed by atoms with van der Waals surface area (Å²) in [7, 11) is 1.40. The average Bonchev–Trinajstić information content (AvgIpc) is 2.75. The molecule has 7 heteroatoms. The highest BCUT2D eigenvalue weighted by molar-refractivity contribution is 5.92. The lowest BCUT2D eigenvalue weighted by Gasteiger charge is -2.25. The Hall–Kier alpha value is -3.84. The zero-order valence-electron chi connectivity index (χ0n) is 17.1. The molecule has 0 heterocycles. The van der Waals surface area contributed by atoms with Gasteiger partial charge in [-0.15, -0.1) is 0 Å². The fourth-order valence-corrected chi connectivity index (χ4v) is 3.24. The van der Waals surface area contributed by atoms with Crippen molar-refractivity contribution in [2.75, 3.05) is 12.4 Å². The van der Waals surface area contributed by atoms with Gasteiger partial charge in [-0.25, -0.2) is 9.59 Å². The third kappa shape index (κ3) is 5.40. The molecule has 0 aliphatic carbocycles. The topological polar surface area (TPSA) is 105 Å². The number of phenols is 1. The number of methoxy groups -OCH3 is 1. The molecular weight excluding hydrogens is 398 g/mol. The third-order valence-electron chi connectivity index (χ3n) is 4.77. The monoisotopic (exact) mass is 421 g/mol. The lowest BCUT2D eigenvalue weighted by molar-refractivity contribution is -0.131. The lowest BCUT2D eigenvalue weighted by atomic mass is 9.96. The maximum absolute atomic E-state index is 12.7. The van der Waals surface area contributed by atoms with Crippen LogP contribution in [0.5, 0.6) is 5.75 Å². The van der Waals surface area contributed by atoms with Crippen LogP contribution in [0.3, 0.4) is 0 Å². The third-order valence-corrected chi connectivity index (χ3v) is 4.77. The minimum atomic E-state index is -1.15. The lowest BCUT2D eigenvalue weighted by Crippen LogP contribution is -2.27. The summed E-state index contributed by atoms with van der Waals surface area (Å²) in [5, 5.41) is 23.1. The molecule has 0 aliphatic rings.